The molecule has 5 aromatic rings. The maximum Gasteiger partial charge on any atom is 0.238 e. The number of benzene rings is 3. The second-order valence-corrected chi connectivity index (χ2v) is 7.16. The Morgan fingerprint density at radius 1 is 0.767 bits per heavy atom. The molecule has 3 aromatic carbocycles. The van der Waals surface area contributed by atoms with Gasteiger partial charge in [-0.25, -0.2) is 9.97 Å². The molecule has 0 aliphatic carbocycles. The Hall–Kier alpha value is -3.83. The molecule has 0 bridgehead atoms. The number of fused-ring (bicyclic) bond motifs is 1. The minimum absolute atomic E-state index is 0.134. The third-order valence-electron chi connectivity index (χ3n) is 4.79. The molecule has 2 aromatic heterocycles. The Bertz CT molecular complexity index is 1350. The lowest BCUT2D eigenvalue weighted by Gasteiger charge is -2.05. The zero-order valence-electron chi connectivity index (χ0n) is 15.7. The molecule has 6 heteroatoms. The van der Waals surface area contributed by atoms with Crippen LogP contribution in [0.2, 0.25) is 5.02 Å². The molecule has 0 aliphatic heterocycles. The van der Waals surface area contributed by atoms with Crippen LogP contribution >= 0.6 is 11.6 Å². The minimum Gasteiger partial charge on any atom is -0.287 e. The molecule has 0 amide bonds. The Morgan fingerprint density at radius 3 is 2.13 bits per heavy atom. The fraction of sp³-hybridized carbons (Fsp3) is 0. The Balaban J connectivity index is 1.72. The van der Waals surface area contributed by atoms with Crippen LogP contribution < -0.4 is 0 Å². The van der Waals surface area contributed by atoms with E-state index in [9.17, 15) is 4.79 Å². The summed E-state index contributed by atoms with van der Waals surface area (Å²) in [7, 11) is 0. The van der Waals surface area contributed by atoms with E-state index < -0.39 is 0 Å². The van der Waals surface area contributed by atoms with Gasteiger partial charge in [-0.05, 0) is 24.3 Å². The molecule has 0 saturated heterocycles. The number of carbonyl (C=O) groups is 1. The largest absolute Gasteiger partial charge is 0.287 e. The van der Waals surface area contributed by atoms with Gasteiger partial charge in [-0.15, -0.1) is 0 Å². The van der Waals surface area contributed by atoms with Gasteiger partial charge in [-0.2, -0.15) is 4.98 Å². The normalized spacial score (nSPS) is 11.0. The van der Waals surface area contributed by atoms with Gasteiger partial charge in [0.1, 0.15) is 17.7 Å². The maximum atomic E-state index is 13.4. The van der Waals surface area contributed by atoms with E-state index in [1.807, 2.05) is 60.7 Å². The summed E-state index contributed by atoms with van der Waals surface area (Å²) in [5, 5.41) is 0.641. The van der Waals surface area contributed by atoms with E-state index in [1.165, 1.54) is 0 Å². The summed E-state index contributed by atoms with van der Waals surface area (Å²) >= 11 is 5.98. The number of hydrogen-bond donors (Lipinski definition) is 0. The summed E-state index contributed by atoms with van der Waals surface area (Å²) in [4.78, 5) is 27.1. The summed E-state index contributed by atoms with van der Waals surface area (Å²) in [6, 6.07) is 26.0. The smallest absolute Gasteiger partial charge is 0.238 e. The van der Waals surface area contributed by atoms with Crippen molar-refractivity contribution in [2.24, 2.45) is 0 Å². The van der Waals surface area contributed by atoms with Crippen LogP contribution in [0.1, 0.15) is 16.1 Å². The lowest BCUT2D eigenvalue weighted by Crippen LogP contribution is -2.08. The zero-order chi connectivity index (χ0) is 20.5. The van der Waals surface area contributed by atoms with E-state index >= 15 is 0 Å². The van der Waals surface area contributed by atoms with Crippen LogP contribution in [-0.2, 0) is 0 Å². The fourth-order valence-corrected chi connectivity index (χ4v) is 3.45. The van der Waals surface area contributed by atoms with E-state index in [1.54, 1.807) is 35.0 Å². The van der Waals surface area contributed by atoms with Crippen molar-refractivity contribution in [2.75, 3.05) is 0 Å². The van der Waals surface area contributed by atoms with Crippen LogP contribution in [0.4, 0.5) is 0 Å². The first-order valence-corrected chi connectivity index (χ1v) is 9.75. The fourth-order valence-electron chi connectivity index (χ4n) is 3.32. The molecule has 0 radical (unpaired) electrons. The van der Waals surface area contributed by atoms with Crippen molar-refractivity contribution in [3.05, 3.63) is 108 Å². The monoisotopic (exact) mass is 410 g/mol. The van der Waals surface area contributed by atoms with Gasteiger partial charge in [0.05, 0.1) is 0 Å². The Labute approximate surface area is 177 Å². The van der Waals surface area contributed by atoms with Gasteiger partial charge in [0.15, 0.2) is 5.82 Å². The van der Waals surface area contributed by atoms with Crippen molar-refractivity contribution in [1.82, 2.24) is 19.4 Å². The molecule has 2 heterocycles. The van der Waals surface area contributed by atoms with Crippen molar-refractivity contribution < 1.29 is 4.79 Å². The third-order valence-corrected chi connectivity index (χ3v) is 5.05. The second-order valence-electron chi connectivity index (χ2n) is 6.73. The first kappa shape index (κ1) is 18.2. The summed E-state index contributed by atoms with van der Waals surface area (Å²) in [6.45, 7) is 0. The number of imidazole rings is 1. The third kappa shape index (κ3) is 3.25. The van der Waals surface area contributed by atoms with Crippen LogP contribution in [0.3, 0.4) is 0 Å². The molecule has 0 aliphatic rings. The second kappa shape index (κ2) is 7.54. The summed E-state index contributed by atoms with van der Waals surface area (Å²) in [5.41, 5.74) is 3.26. The van der Waals surface area contributed by atoms with E-state index in [4.69, 9.17) is 16.6 Å². The first-order chi connectivity index (χ1) is 14.7. The lowest BCUT2D eigenvalue weighted by atomic mass is 10.0. The number of carbonyl (C=O) groups excluding carboxylic acids is 1. The summed E-state index contributed by atoms with van der Waals surface area (Å²) < 4.78 is 1.65. The number of halogens is 1. The molecule has 0 spiro atoms. The van der Waals surface area contributed by atoms with Crippen LogP contribution in [0, 0.1) is 0 Å². The molecular weight excluding hydrogens is 396 g/mol. The molecule has 0 saturated carbocycles. The lowest BCUT2D eigenvalue weighted by molar-refractivity contribution is 0.103. The van der Waals surface area contributed by atoms with Gasteiger partial charge in [0, 0.05) is 21.7 Å². The van der Waals surface area contributed by atoms with Gasteiger partial charge >= 0.3 is 0 Å². The SMILES string of the molecule is O=C(c1ccccc1)c1c(-c2ccccc2)nc2nc(-c3ccc(Cl)cc3)ncn12. The zero-order valence-corrected chi connectivity index (χ0v) is 16.5. The van der Waals surface area contributed by atoms with E-state index in [2.05, 4.69) is 9.97 Å². The molecule has 0 atom stereocenters. The first-order valence-electron chi connectivity index (χ1n) is 9.37. The number of ketones is 1. The van der Waals surface area contributed by atoms with Gasteiger partial charge < -0.3 is 0 Å². The van der Waals surface area contributed by atoms with Gasteiger partial charge in [0.2, 0.25) is 11.6 Å². The highest BCUT2D eigenvalue weighted by Gasteiger charge is 2.23. The minimum atomic E-state index is -0.134. The van der Waals surface area contributed by atoms with Gasteiger partial charge in [-0.1, -0.05) is 72.3 Å². The molecular formula is C24H15ClN4O. The highest BCUT2D eigenvalue weighted by molar-refractivity contribution is 6.30. The van der Waals surface area contributed by atoms with E-state index in [-0.39, 0.29) is 5.78 Å². The summed E-state index contributed by atoms with van der Waals surface area (Å²) in [6.07, 6.45) is 1.60. The molecule has 144 valence electrons. The molecule has 5 rings (SSSR count). The Kier molecular flexibility index (Phi) is 4.58. The highest BCUT2D eigenvalue weighted by atomic mass is 35.5. The summed E-state index contributed by atoms with van der Waals surface area (Å²) in [5.74, 6) is 0.792. The molecule has 5 nitrogen and oxygen atoms in total. The topological polar surface area (TPSA) is 60.2 Å². The van der Waals surface area contributed by atoms with Crippen molar-refractivity contribution in [3.8, 4) is 22.6 Å². The molecule has 30 heavy (non-hydrogen) atoms. The van der Waals surface area contributed by atoms with Crippen LogP contribution in [0.15, 0.2) is 91.3 Å². The maximum absolute atomic E-state index is 13.4. The van der Waals surface area contributed by atoms with E-state index in [0.29, 0.717) is 33.6 Å². The number of hydrogen-bond acceptors (Lipinski definition) is 4. The van der Waals surface area contributed by atoms with Crippen LogP contribution in [-0.4, -0.2) is 25.1 Å². The number of rotatable bonds is 4. The molecule has 0 unspecified atom stereocenters. The highest BCUT2D eigenvalue weighted by Crippen LogP contribution is 2.27. The van der Waals surface area contributed by atoms with Crippen molar-refractivity contribution in [1.29, 1.82) is 0 Å². The standard InChI is InChI=1S/C24H15ClN4O/c25-19-13-11-18(12-14-19)23-26-15-29-21(22(30)17-9-5-2-6-10-17)20(27-24(29)28-23)16-7-3-1-4-8-16/h1-15H. The van der Waals surface area contributed by atoms with Crippen molar-refractivity contribution >= 4 is 23.2 Å². The predicted molar refractivity (Wildman–Crippen MR) is 117 cm³/mol. The molecule has 0 N–H and O–H groups in total. The predicted octanol–water partition coefficient (Wildman–Crippen LogP) is 5.34. The van der Waals surface area contributed by atoms with Gasteiger partial charge in [-0.3, -0.25) is 9.20 Å². The average molecular weight is 411 g/mol. The van der Waals surface area contributed by atoms with E-state index in [0.717, 1.165) is 11.1 Å². The van der Waals surface area contributed by atoms with Crippen molar-refractivity contribution in [3.63, 3.8) is 0 Å². The van der Waals surface area contributed by atoms with Crippen molar-refractivity contribution in [2.45, 2.75) is 0 Å². The Morgan fingerprint density at radius 2 is 1.43 bits per heavy atom. The van der Waals surface area contributed by atoms with Crippen LogP contribution in [0.25, 0.3) is 28.4 Å². The number of aromatic nitrogens is 4. The van der Waals surface area contributed by atoms with Crippen LogP contribution in [0.5, 0.6) is 0 Å². The van der Waals surface area contributed by atoms with Gasteiger partial charge in [0.25, 0.3) is 0 Å². The molecule has 0 fully saturated rings. The quantitative estimate of drug-likeness (QED) is 0.375. The number of nitrogens with zero attached hydrogens (tertiary/aromatic N) is 4. The average Bonchev–Trinajstić information content (AvgIpc) is 3.19.